The molecule has 2 N–H and O–H groups in total. The van der Waals surface area contributed by atoms with Crippen molar-refractivity contribution in [3.8, 4) is 11.8 Å². The molecule has 1 atom stereocenters. The first-order valence-corrected chi connectivity index (χ1v) is 6.53. The van der Waals surface area contributed by atoms with Crippen LogP contribution in [0.3, 0.4) is 0 Å². The van der Waals surface area contributed by atoms with Gasteiger partial charge >= 0.3 is 6.03 Å². The van der Waals surface area contributed by atoms with Crippen molar-refractivity contribution in [2.45, 2.75) is 18.9 Å². The van der Waals surface area contributed by atoms with Gasteiger partial charge in [0.1, 0.15) is 11.8 Å². The van der Waals surface area contributed by atoms with Crippen molar-refractivity contribution in [1.82, 2.24) is 4.90 Å². The van der Waals surface area contributed by atoms with Crippen molar-refractivity contribution in [2.75, 3.05) is 25.1 Å². The van der Waals surface area contributed by atoms with Gasteiger partial charge in [-0.15, -0.1) is 0 Å². The molecule has 0 saturated carbocycles. The molecule has 2 rings (SSSR count). The molecule has 20 heavy (non-hydrogen) atoms. The second-order valence-corrected chi connectivity index (χ2v) is 4.57. The van der Waals surface area contributed by atoms with E-state index in [2.05, 4.69) is 5.32 Å². The van der Waals surface area contributed by atoms with Crippen LogP contribution in [0.5, 0.6) is 5.75 Å². The van der Waals surface area contributed by atoms with Gasteiger partial charge in [-0.1, -0.05) is 0 Å². The third-order valence-corrected chi connectivity index (χ3v) is 3.26. The number of hydrogen-bond donors (Lipinski definition) is 2. The van der Waals surface area contributed by atoms with Gasteiger partial charge in [-0.3, -0.25) is 0 Å². The summed E-state index contributed by atoms with van der Waals surface area (Å²) in [5.74, 6) is 0.582. The molecule has 1 aromatic carbocycles. The summed E-state index contributed by atoms with van der Waals surface area (Å²) < 4.78 is 5.13. The van der Waals surface area contributed by atoms with Gasteiger partial charge in [0.25, 0.3) is 0 Å². The third kappa shape index (κ3) is 3.39. The molecular weight excluding hydrogens is 258 g/mol. The summed E-state index contributed by atoms with van der Waals surface area (Å²) in [6, 6.07) is 8.42. The quantitative estimate of drug-likeness (QED) is 0.873. The van der Waals surface area contributed by atoms with E-state index >= 15 is 0 Å². The Morgan fingerprint density at radius 1 is 1.50 bits per heavy atom. The highest BCUT2D eigenvalue weighted by molar-refractivity contribution is 5.89. The normalized spacial score (nSPS) is 17.6. The smallest absolute Gasteiger partial charge is 0.322 e. The van der Waals surface area contributed by atoms with Gasteiger partial charge in [-0.25, -0.2) is 4.79 Å². The number of nitrogens with one attached hydrogen (secondary N) is 1. The molecule has 6 nitrogen and oxygen atoms in total. The number of rotatable bonds is 4. The minimum atomic E-state index is -0.202. The van der Waals surface area contributed by atoms with Crippen LogP contribution in [0.4, 0.5) is 10.5 Å². The molecule has 1 saturated heterocycles. The topological polar surface area (TPSA) is 85.6 Å². The zero-order valence-corrected chi connectivity index (χ0v) is 11.1. The predicted molar refractivity (Wildman–Crippen MR) is 73.4 cm³/mol. The van der Waals surface area contributed by atoms with Crippen LogP contribution in [0, 0.1) is 11.3 Å². The van der Waals surface area contributed by atoms with Gasteiger partial charge < -0.3 is 20.1 Å². The number of likely N-dealkylation sites (tertiary alicyclic amines) is 1. The van der Waals surface area contributed by atoms with E-state index in [1.54, 1.807) is 29.2 Å². The Morgan fingerprint density at radius 2 is 2.25 bits per heavy atom. The van der Waals surface area contributed by atoms with Crippen molar-refractivity contribution < 1.29 is 14.6 Å². The number of nitrogens with zero attached hydrogens (tertiary/aromatic N) is 2. The maximum absolute atomic E-state index is 12.1. The number of ether oxygens (including phenoxy) is 1. The summed E-state index contributed by atoms with van der Waals surface area (Å²) in [4.78, 5) is 13.7. The number of aliphatic hydroxyl groups excluding tert-OH is 1. The number of amides is 2. The Bertz CT molecular complexity index is 495. The minimum absolute atomic E-state index is 0.00232. The van der Waals surface area contributed by atoms with E-state index in [0.29, 0.717) is 18.0 Å². The van der Waals surface area contributed by atoms with E-state index in [0.717, 1.165) is 12.8 Å². The van der Waals surface area contributed by atoms with E-state index in [1.807, 2.05) is 6.07 Å². The molecule has 6 heteroatoms. The number of carbonyl (C=O) groups is 1. The summed E-state index contributed by atoms with van der Waals surface area (Å²) in [6.07, 6.45) is 1.75. The molecule has 1 aromatic rings. The summed E-state index contributed by atoms with van der Waals surface area (Å²) in [6.45, 7) is 0.659. The summed E-state index contributed by atoms with van der Waals surface area (Å²) in [5, 5.41) is 20.4. The first-order valence-electron chi connectivity index (χ1n) is 6.53. The Morgan fingerprint density at radius 3 is 2.90 bits per heavy atom. The van der Waals surface area contributed by atoms with Gasteiger partial charge in [0, 0.05) is 12.2 Å². The Balaban J connectivity index is 1.92. The molecule has 2 amide bonds. The van der Waals surface area contributed by atoms with E-state index in [9.17, 15) is 9.90 Å². The van der Waals surface area contributed by atoms with Crippen molar-refractivity contribution in [3.63, 3.8) is 0 Å². The Labute approximate surface area is 117 Å². The lowest BCUT2D eigenvalue weighted by Gasteiger charge is -2.23. The lowest BCUT2D eigenvalue weighted by atomic mass is 10.2. The molecular formula is C14H17N3O3. The van der Waals surface area contributed by atoms with Gasteiger partial charge in [0.2, 0.25) is 0 Å². The van der Waals surface area contributed by atoms with Crippen LogP contribution in [-0.2, 0) is 0 Å². The standard InChI is InChI=1S/C14H17N3O3/c15-7-9-20-13-5-3-11(4-6-13)16-14(19)17-8-1-2-12(17)10-18/h3-6,12,18H,1-2,8-10H2,(H,16,19)/t12-/m1/s1. The van der Waals surface area contributed by atoms with Crippen molar-refractivity contribution in [1.29, 1.82) is 5.26 Å². The molecule has 0 aromatic heterocycles. The van der Waals surface area contributed by atoms with Crippen molar-refractivity contribution in [2.24, 2.45) is 0 Å². The maximum Gasteiger partial charge on any atom is 0.322 e. The second-order valence-electron chi connectivity index (χ2n) is 4.57. The van der Waals surface area contributed by atoms with Gasteiger partial charge in [-0.05, 0) is 37.1 Å². The lowest BCUT2D eigenvalue weighted by molar-refractivity contribution is 0.166. The molecule has 0 bridgehead atoms. The number of hydrogen-bond acceptors (Lipinski definition) is 4. The molecule has 1 fully saturated rings. The fourth-order valence-corrected chi connectivity index (χ4v) is 2.24. The largest absolute Gasteiger partial charge is 0.479 e. The van der Waals surface area contributed by atoms with Gasteiger partial charge in [0.15, 0.2) is 6.61 Å². The maximum atomic E-state index is 12.1. The summed E-state index contributed by atoms with van der Waals surface area (Å²) >= 11 is 0. The van der Waals surface area contributed by atoms with Crippen LogP contribution in [-0.4, -0.2) is 41.8 Å². The van der Waals surface area contributed by atoms with Crippen LogP contribution in [0.2, 0.25) is 0 Å². The Hall–Kier alpha value is -2.26. The summed E-state index contributed by atoms with van der Waals surface area (Å²) in [7, 11) is 0. The lowest BCUT2D eigenvalue weighted by Crippen LogP contribution is -2.40. The van der Waals surface area contributed by atoms with E-state index < -0.39 is 0 Å². The second kappa shape index (κ2) is 6.78. The van der Waals surface area contributed by atoms with Crippen LogP contribution < -0.4 is 10.1 Å². The fraction of sp³-hybridized carbons (Fsp3) is 0.429. The predicted octanol–water partition coefficient (Wildman–Crippen LogP) is 1.58. The molecule has 1 heterocycles. The van der Waals surface area contributed by atoms with E-state index in [1.165, 1.54) is 0 Å². The minimum Gasteiger partial charge on any atom is -0.479 e. The van der Waals surface area contributed by atoms with Crippen LogP contribution >= 0.6 is 0 Å². The number of urea groups is 1. The number of benzene rings is 1. The molecule has 0 radical (unpaired) electrons. The number of aliphatic hydroxyl groups is 1. The summed E-state index contributed by atoms with van der Waals surface area (Å²) in [5.41, 5.74) is 0.655. The highest BCUT2D eigenvalue weighted by Gasteiger charge is 2.27. The zero-order valence-electron chi connectivity index (χ0n) is 11.1. The van der Waals surface area contributed by atoms with Crippen molar-refractivity contribution in [3.05, 3.63) is 24.3 Å². The van der Waals surface area contributed by atoms with E-state index in [4.69, 9.17) is 10.00 Å². The number of anilines is 1. The Kier molecular flexibility index (Phi) is 4.80. The van der Waals surface area contributed by atoms with Crippen LogP contribution in [0.25, 0.3) is 0 Å². The van der Waals surface area contributed by atoms with Gasteiger partial charge in [0.05, 0.1) is 12.6 Å². The highest BCUT2D eigenvalue weighted by Crippen LogP contribution is 2.20. The third-order valence-electron chi connectivity index (χ3n) is 3.26. The average molecular weight is 275 g/mol. The van der Waals surface area contributed by atoms with E-state index in [-0.39, 0.29) is 25.3 Å². The number of carbonyl (C=O) groups excluding carboxylic acids is 1. The average Bonchev–Trinajstić information content (AvgIpc) is 2.95. The fourth-order valence-electron chi connectivity index (χ4n) is 2.24. The molecule has 0 spiro atoms. The molecule has 0 unspecified atom stereocenters. The van der Waals surface area contributed by atoms with Crippen molar-refractivity contribution >= 4 is 11.7 Å². The van der Waals surface area contributed by atoms with Gasteiger partial charge in [-0.2, -0.15) is 5.26 Å². The zero-order chi connectivity index (χ0) is 14.4. The first-order chi connectivity index (χ1) is 9.74. The number of nitriles is 1. The molecule has 106 valence electrons. The monoisotopic (exact) mass is 275 g/mol. The van der Waals surface area contributed by atoms with Crippen LogP contribution in [0.1, 0.15) is 12.8 Å². The van der Waals surface area contributed by atoms with Crippen LogP contribution in [0.15, 0.2) is 24.3 Å². The molecule has 1 aliphatic heterocycles. The molecule has 1 aliphatic rings. The molecule has 0 aliphatic carbocycles. The first kappa shape index (κ1) is 14.2. The SMILES string of the molecule is N#CCOc1ccc(NC(=O)N2CCC[C@@H]2CO)cc1. The highest BCUT2D eigenvalue weighted by atomic mass is 16.5.